The second-order valence-corrected chi connectivity index (χ2v) is 2.33. The summed E-state index contributed by atoms with van der Waals surface area (Å²) in [5, 5.41) is 0. The Morgan fingerprint density at radius 1 is 1.70 bits per heavy atom. The van der Waals surface area contributed by atoms with Gasteiger partial charge in [-0.15, -0.1) is 0 Å². The molecular formula is C9H12O. The van der Waals surface area contributed by atoms with E-state index in [1.54, 1.807) is 6.08 Å². The first-order chi connectivity index (χ1) is 4.83. The molecule has 1 rings (SSSR count). The summed E-state index contributed by atoms with van der Waals surface area (Å²) in [6.07, 6.45) is 8.26. The van der Waals surface area contributed by atoms with Crippen LogP contribution in [0.5, 0.6) is 0 Å². The minimum Gasteiger partial charge on any atom is -0.487 e. The van der Waals surface area contributed by atoms with E-state index in [1.165, 1.54) is 0 Å². The lowest BCUT2D eigenvalue weighted by Gasteiger charge is -2.10. The van der Waals surface area contributed by atoms with E-state index < -0.39 is 0 Å². The molecule has 1 unspecified atom stereocenters. The molecule has 1 nitrogen and oxygen atoms in total. The second kappa shape index (κ2) is 3.25. The Bertz CT molecular complexity index is 168. The minimum absolute atomic E-state index is 0.241. The van der Waals surface area contributed by atoms with Gasteiger partial charge in [-0.25, -0.2) is 0 Å². The van der Waals surface area contributed by atoms with Gasteiger partial charge >= 0.3 is 0 Å². The van der Waals surface area contributed by atoms with Crippen molar-refractivity contribution in [2.45, 2.75) is 18.9 Å². The molecule has 0 amide bonds. The quantitative estimate of drug-likeness (QED) is 0.329. The first-order valence-electron chi connectivity index (χ1n) is 3.47. The third-order valence-electron chi connectivity index (χ3n) is 1.50. The largest absolute Gasteiger partial charge is 0.487 e. The fourth-order valence-corrected chi connectivity index (χ4v) is 0.945. The summed E-state index contributed by atoms with van der Waals surface area (Å²) in [6, 6.07) is 0. The third kappa shape index (κ3) is 1.76. The Morgan fingerprint density at radius 2 is 2.50 bits per heavy atom. The standard InChI is InChI=1S/C9H12O/c1-3-8(2)10-9-6-4-5-7-9/h3-4,6,9H,1-2,5,7H2. The van der Waals surface area contributed by atoms with Crippen molar-refractivity contribution in [1.29, 1.82) is 0 Å². The average Bonchev–Trinajstić information content (AvgIpc) is 2.40. The smallest absolute Gasteiger partial charge is 0.117 e. The van der Waals surface area contributed by atoms with Crippen molar-refractivity contribution >= 4 is 0 Å². The van der Waals surface area contributed by atoms with E-state index >= 15 is 0 Å². The average molecular weight is 136 g/mol. The van der Waals surface area contributed by atoms with E-state index in [0.717, 1.165) is 12.8 Å². The zero-order valence-corrected chi connectivity index (χ0v) is 6.05. The Hall–Kier alpha value is -0.980. The number of hydrogen-bond acceptors (Lipinski definition) is 1. The van der Waals surface area contributed by atoms with Gasteiger partial charge in [-0.3, -0.25) is 0 Å². The van der Waals surface area contributed by atoms with Crippen LogP contribution in [0.25, 0.3) is 0 Å². The summed E-state index contributed by atoms with van der Waals surface area (Å²) in [4.78, 5) is 0. The Labute approximate surface area is 61.7 Å². The van der Waals surface area contributed by atoms with E-state index in [9.17, 15) is 0 Å². The third-order valence-corrected chi connectivity index (χ3v) is 1.50. The van der Waals surface area contributed by atoms with Crippen LogP contribution in [-0.2, 0) is 4.74 Å². The second-order valence-electron chi connectivity index (χ2n) is 2.33. The van der Waals surface area contributed by atoms with Crippen molar-refractivity contribution in [2.24, 2.45) is 0 Å². The monoisotopic (exact) mass is 136 g/mol. The molecule has 0 bridgehead atoms. The maximum Gasteiger partial charge on any atom is 0.117 e. The molecule has 1 atom stereocenters. The first-order valence-corrected chi connectivity index (χ1v) is 3.47. The van der Waals surface area contributed by atoms with Gasteiger partial charge in [0.15, 0.2) is 0 Å². The molecule has 10 heavy (non-hydrogen) atoms. The molecule has 0 saturated carbocycles. The highest BCUT2D eigenvalue weighted by atomic mass is 16.5. The molecule has 0 aromatic rings. The lowest BCUT2D eigenvalue weighted by atomic mass is 10.3. The number of allylic oxidation sites excluding steroid dienone is 2. The lowest BCUT2D eigenvalue weighted by molar-refractivity contribution is 0.166. The van der Waals surface area contributed by atoms with Crippen molar-refractivity contribution in [3.8, 4) is 0 Å². The van der Waals surface area contributed by atoms with Gasteiger partial charge in [-0.1, -0.05) is 19.2 Å². The van der Waals surface area contributed by atoms with Gasteiger partial charge in [-0.05, 0) is 25.0 Å². The van der Waals surface area contributed by atoms with Gasteiger partial charge in [0.1, 0.15) is 11.9 Å². The zero-order valence-electron chi connectivity index (χ0n) is 6.05. The van der Waals surface area contributed by atoms with Crippen LogP contribution in [0.15, 0.2) is 37.1 Å². The summed E-state index contributed by atoms with van der Waals surface area (Å²) in [5.41, 5.74) is 0. The van der Waals surface area contributed by atoms with Crippen molar-refractivity contribution in [2.75, 3.05) is 0 Å². The van der Waals surface area contributed by atoms with E-state index in [0.29, 0.717) is 5.76 Å². The zero-order chi connectivity index (χ0) is 7.40. The Kier molecular flexibility index (Phi) is 2.32. The van der Waals surface area contributed by atoms with Crippen LogP contribution in [0.1, 0.15) is 12.8 Å². The molecule has 0 N–H and O–H groups in total. The molecule has 1 heteroatoms. The topological polar surface area (TPSA) is 9.23 Å². The van der Waals surface area contributed by atoms with Crippen LogP contribution in [0.3, 0.4) is 0 Å². The normalized spacial score (nSPS) is 22.6. The van der Waals surface area contributed by atoms with Gasteiger partial charge in [-0.2, -0.15) is 0 Å². The van der Waals surface area contributed by atoms with Crippen LogP contribution >= 0.6 is 0 Å². The van der Waals surface area contributed by atoms with Crippen molar-refractivity contribution < 1.29 is 4.74 Å². The molecule has 0 aromatic carbocycles. The van der Waals surface area contributed by atoms with Crippen LogP contribution < -0.4 is 0 Å². The van der Waals surface area contributed by atoms with Gasteiger partial charge in [0.25, 0.3) is 0 Å². The van der Waals surface area contributed by atoms with Crippen molar-refractivity contribution in [3.05, 3.63) is 37.1 Å². The molecule has 0 aromatic heterocycles. The van der Waals surface area contributed by atoms with Gasteiger partial charge in [0.2, 0.25) is 0 Å². The molecule has 0 radical (unpaired) electrons. The SMILES string of the molecule is C=CC(=C)OC1C=CCC1. The van der Waals surface area contributed by atoms with Crippen molar-refractivity contribution in [1.82, 2.24) is 0 Å². The molecule has 0 saturated heterocycles. The predicted octanol–water partition coefficient (Wildman–Crippen LogP) is 2.42. The van der Waals surface area contributed by atoms with Crippen LogP contribution in [0.4, 0.5) is 0 Å². The van der Waals surface area contributed by atoms with E-state index in [-0.39, 0.29) is 6.10 Å². The number of rotatable bonds is 3. The molecule has 54 valence electrons. The maximum absolute atomic E-state index is 5.36. The number of ether oxygens (including phenoxy) is 1. The van der Waals surface area contributed by atoms with E-state index in [4.69, 9.17) is 4.74 Å². The van der Waals surface area contributed by atoms with Crippen LogP contribution in [-0.4, -0.2) is 6.10 Å². The molecule has 0 heterocycles. The summed E-state index contributed by atoms with van der Waals surface area (Å²) in [7, 11) is 0. The van der Waals surface area contributed by atoms with Crippen molar-refractivity contribution in [3.63, 3.8) is 0 Å². The summed E-state index contributed by atoms with van der Waals surface area (Å²) in [6.45, 7) is 7.22. The molecule has 0 aliphatic heterocycles. The first kappa shape index (κ1) is 7.13. The maximum atomic E-state index is 5.36. The van der Waals surface area contributed by atoms with Gasteiger partial charge in [0, 0.05) is 0 Å². The molecule has 0 spiro atoms. The van der Waals surface area contributed by atoms with E-state index in [1.807, 2.05) is 0 Å². The molecule has 0 fully saturated rings. The molecular weight excluding hydrogens is 124 g/mol. The minimum atomic E-state index is 0.241. The Morgan fingerprint density at radius 3 is 3.00 bits per heavy atom. The summed E-state index contributed by atoms with van der Waals surface area (Å²) >= 11 is 0. The highest BCUT2D eigenvalue weighted by Crippen LogP contribution is 2.15. The molecule has 1 aliphatic carbocycles. The predicted molar refractivity (Wildman–Crippen MR) is 42.6 cm³/mol. The summed E-state index contributed by atoms with van der Waals surface area (Å²) < 4.78 is 5.36. The van der Waals surface area contributed by atoms with Crippen LogP contribution in [0, 0.1) is 0 Å². The lowest BCUT2D eigenvalue weighted by Crippen LogP contribution is -2.03. The van der Waals surface area contributed by atoms with Gasteiger partial charge in [0.05, 0.1) is 0 Å². The fraction of sp³-hybridized carbons (Fsp3) is 0.333. The Balaban J connectivity index is 2.31. The van der Waals surface area contributed by atoms with E-state index in [2.05, 4.69) is 25.3 Å². The fourth-order valence-electron chi connectivity index (χ4n) is 0.945. The highest BCUT2D eigenvalue weighted by molar-refractivity contribution is 5.06. The summed E-state index contributed by atoms with van der Waals surface area (Å²) in [5.74, 6) is 0.663. The number of hydrogen-bond donors (Lipinski definition) is 0. The molecule has 1 aliphatic rings. The highest BCUT2D eigenvalue weighted by Gasteiger charge is 2.08. The van der Waals surface area contributed by atoms with Gasteiger partial charge < -0.3 is 4.74 Å². The van der Waals surface area contributed by atoms with Crippen LogP contribution in [0.2, 0.25) is 0 Å².